The molecule has 0 saturated heterocycles. The van der Waals surface area contributed by atoms with Gasteiger partial charge in [-0.3, -0.25) is 4.90 Å². The molecule has 0 radical (unpaired) electrons. The minimum absolute atomic E-state index is 0.0648. The summed E-state index contributed by atoms with van der Waals surface area (Å²) in [4.78, 5) is 2.27. The van der Waals surface area contributed by atoms with Crippen LogP contribution in [0.5, 0.6) is 5.75 Å². The summed E-state index contributed by atoms with van der Waals surface area (Å²) >= 11 is 0. The fourth-order valence-corrected chi connectivity index (χ4v) is 2.10. The first-order chi connectivity index (χ1) is 8.90. The van der Waals surface area contributed by atoms with Crippen molar-refractivity contribution >= 4 is 0 Å². The van der Waals surface area contributed by atoms with Gasteiger partial charge in [-0.2, -0.15) is 0 Å². The van der Waals surface area contributed by atoms with E-state index in [-0.39, 0.29) is 11.4 Å². The molecule has 0 aliphatic carbocycles. The van der Waals surface area contributed by atoms with Crippen molar-refractivity contribution in [1.29, 1.82) is 0 Å². The van der Waals surface area contributed by atoms with Crippen LogP contribution in [0.15, 0.2) is 18.2 Å². The largest absolute Gasteiger partial charge is 0.496 e. The Hall–Kier alpha value is -1.13. The van der Waals surface area contributed by atoms with Crippen LogP contribution < -0.4 is 10.1 Å². The van der Waals surface area contributed by atoms with Crippen molar-refractivity contribution in [3.8, 4) is 5.75 Å². The molecule has 0 fully saturated rings. The zero-order chi connectivity index (χ0) is 14.5. The maximum Gasteiger partial charge on any atom is 0.123 e. The molecule has 0 unspecified atom stereocenters. The summed E-state index contributed by atoms with van der Waals surface area (Å²) in [5.74, 6) is 0.536. The Balaban J connectivity index is 2.68. The van der Waals surface area contributed by atoms with E-state index in [1.165, 1.54) is 6.07 Å². The van der Waals surface area contributed by atoms with E-state index in [2.05, 4.69) is 31.1 Å². The Morgan fingerprint density at radius 2 is 2.05 bits per heavy atom. The van der Waals surface area contributed by atoms with Crippen LogP contribution in [-0.4, -0.2) is 44.7 Å². The van der Waals surface area contributed by atoms with Gasteiger partial charge in [0, 0.05) is 18.6 Å². The van der Waals surface area contributed by atoms with E-state index in [9.17, 15) is 4.39 Å². The van der Waals surface area contributed by atoms with E-state index in [1.54, 1.807) is 19.2 Å². The van der Waals surface area contributed by atoms with E-state index in [4.69, 9.17) is 4.74 Å². The van der Waals surface area contributed by atoms with Crippen molar-refractivity contribution in [3.05, 3.63) is 29.6 Å². The number of ether oxygens (including phenoxy) is 1. The summed E-state index contributed by atoms with van der Waals surface area (Å²) in [6.07, 6.45) is 0.768. The average molecular weight is 268 g/mol. The average Bonchev–Trinajstić information content (AvgIpc) is 2.36. The molecule has 1 N–H and O–H groups in total. The number of benzene rings is 1. The summed E-state index contributed by atoms with van der Waals surface area (Å²) in [6, 6.07) is 4.66. The zero-order valence-corrected chi connectivity index (χ0v) is 12.6. The third-order valence-corrected chi connectivity index (χ3v) is 3.60. The molecule has 19 heavy (non-hydrogen) atoms. The highest BCUT2D eigenvalue weighted by Gasteiger charge is 2.22. The SMILES string of the molecule is CNCC(C)(C)N(C)CCc1cc(F)ccc1OC. The molecule has 4 heteroatoms. The minimum atomic E-state index is -0.215. The number of hydrogen-bond donors (Lipinski definition) is 1. The number of nitrogens with zero attached hydrogens (tertiary/aromatic N) is 1. The number of nitrogens with one attached hydrogen (secondary N) is 1. The second-order valence-corrected chi connectivity index (χ2v) is 5.47. The molecule has 0 spiro atoms. The second kappa shape index (κ2) is 6.87. The van der Waals surface area contributed by atoms with Crippen LogP contribution in [0.2, 0.25) is 0 Å². The van der Waals surface area contributed by atoms with Gasteiger partial charge in [0.05, 0.1) is 7.11 Å². The highest BCUT2D eigenvalue weighted by molar-refractivity contribution is 5.34. The van der Waals surface area contributed by atoms with Crippen LogP contribution in [0.1, 0.15) is 19.4 Å². The highest BCUT2D eigenvalue weighted by atomic mass is 19.1. The first kappa shape index (κ1) is 15.9. The van der Waals surface area contributed by atoms with Crippen LogP contribution in [0.4, 0.5) is 4.39 Å². The van der Waals surface area contributed by atoms with Crippen molar-refractivity contribution in [2.45, 2.75) is 25.8 Å². The molecule has 0 aliphatic rings. The fraction of sp³-hybridized carbons (Fsp3) is 0.600. The van der Waals surface area contributed by atoms with Crippen molar-refractivity contribution < 1.29 is 9.13 Å². The van der Waals surface area contributed by atoms with E-state index >= 15 is 0 Å². The van der Waals surface area contributed by atoms with Gasteiger partial charge in [0.15, 0.2) is 0 Å². The third-order valence-electron chi connectivity index (χ3n) is 3.60. The van der Waals surface area contributed by atoms with E-state index in [1.807, 2.05) is 7.05 Å². The Kier molecular flexibility index (Phi) is 5.76. The van der Waals surface area contributed by atoms with Gasteiger partial charge in [-0.1, -0.05) is 0 Å². The summed E-state index contributed by atoms with van der Waals surface area (Å²) in [7, 11) is 5.65. The Bertz CT molecular complexity index is 407. The Labute approximate surface area is 115 Å². The van der Waals surface area contributed by atoms with Gasteiger partial charge < -0.3 is 10.1 Å². The Morgan fingerprint density at radius 3 is 2.63 bits per heavy atom. The summed E-state index contributed by atoms with van der Waals surface area (Å²) in [5, 5.41) is 3.19. The quantitative estimate of drug-likeness (QED) is 0.821. The number of methoxy groups -OCH3 is 1. The second-order valence-electron chi connectivity index (χ2n) is 5.47. The lowest BCUT2D eigenvalue weighted by atomic mass is 10.0. The van der Waals surface area contributed by atoms with Crippen molar-refractivity contribution in [2.75, 3.05) is 34.3 Å². The van der Waals surface area contributed by atoms with E-state index in [0.717, 1.165) is 30.8 Å². The molecule has 1 aromatic rings. The van der Waals surface area contributed by atoms with Crippen molar-refractivity contribution in [2.24, 2.45) is 0 Å². The van der Waals surface area contributed by atoms with Crippen molar-refractivity contribution in [1.82, 2.24) is 10.2 Å². The first-order valence-corrected chi connectivity index (χ1v) is 6.59. The summed E-state index contributed by atoms with van der Waals surface area (Å²) < 4.78 is 18.6. The third kappa shape index (κ3) is 4.48. The lowest BCUT2D eigenvalue weighted by Gasteiger charge is -2.35. The highest BCUT2D eigenvalue weighted by Crippen LogP contribution is 2.21. The van der Waals surface area contributed by atoms with Gasteiger partial charge in [0.2, 0.25) is 0 Å². The van der Waals surface area contributed by atoms with E-state index < -0.39 is 0 Å². The molecule has 108 valence electrons. The maximum atomic E-state index is 13.3. The molecule has 0 amide bonds. The Morgan fingerprint density at radius 1 is 1.37 bits per heavy atom. The van der Waals surface area contributed by atoms with E-state index in [0.29, 0.717) is 0 Å². The van der Waals surface area contributed by atoms with Gasteiger partial charge in [0.25, 0.3) is 0 Å². The maximum absolute atomic E-state index is 13.3. The normalized spacial score (nSPS) is 11.9. The predicted molar refractivity (Wildman–Crippen MR) is 77.3 cm³/mol. The first-order valence-electron chi connectivity index (χ1n) is 6.59. The molecule has 3 nitrogen and oxygen atoms in total. The molecule has 1 rings (SSSR count). The van der Waals surface area contributed by atoms with Gasteiger partial charge in [-0.25, -0.2) is 4.39 Å². The van der Waals surface area contributed by atoms with Crippen LogP contribution in [-0.2, 0) is 6.42 Å². The van der Waals surface area contributed by atoms with Gasteiger partial charge >= 0.3 is 0 Å². The fourth-order valence-electron chi connectivity index (χ4n) is 2.10. The van der Waals surface area contributed by atoms with Crippen LogP contribution >= 0.6 is 0 Å². The van der Waals surface area contributed by atoms with Crippen LogP contribution in [0.3, 0.4) is 0 Å². The molecule has 0 atom stereocenters. The number of likely N-dealkylation sites (N-methyl/N-ethyl adjacent to an activating group) is 2. The molecular formula is C15H25FN2O. The number of rotatable bonds is 7. The van der Waals surface area contributed by atoms with Gasteiger partial charge in [-0.15, -0.1) is 0 Å². The number of halogens is 1. The molecule has 1 aromatic carbocycles. The van der Waals surface area contributed by atoms with Gasteiger partial charge in [-0.05, 0) is 58.1 Å². The predicted octanol–water partition coefficient (Wildman–Crippen LogP) is 2.31. The molecule has 0 heterocycles. The molecule has 0 aliphatic heterocycles. The zero-order valence-electron chi connectivity index (χ0n) is 12.6. The van der Waals surface area contributed by atoms with Crippen LogP contribution in [0, 0.1) is 5.82 Å². The lowest BCUT2D eigenvalue weighted by molar-refractivity contribution is 0.157. The van der Waals surface area contributed by atoms with Crippen LogP contribution in [0.25, 0.3) is 0 Å². The molecule has 0 aromatic heterocycles. The van der Waals surface area contributed by atoms with Gasteiger partial charge in [0.1, 0.15) is 11.6 Å². The summed E-state index contributed by atoms with van der Waals surface area (Å²) in [5.41, 5.74) is 0.976. The minimum Gasteiger partial charge on any atom is -0.496 e. The summed E-state index contributed by atoms with van der Waals surface area (Å²) in [6.45, 7) is 6.14. The molecular weight excluding hydrogens is 243 g/mol. The van der Waals surface area contributed by atoms with Crippen molar-refractivity contribution in [3.63, 3.8) is 0 Å². The standard InChI is InChI=1S/C15H25FN2O/c1-15(2,11-17-3)18(4)9-8-12-10-13(16)6-7-14(12)19-5/h6-7,10,17H,8-9,11H2,1-5H3. The topological polar surface area (TPSA) is 24.5 Å². The smallest absolute Gasteiger partial charge is 0.123 e. The number of hydrogen-bond acceptors (Lipinski definition) is 3. The monoisotopic (exact) mass is 268 g/mol. The molecule has 0 bridgehead atoms. The lowest BCUT2D eigenvalue weighted by Crippen LogP contribution is -2.48. The molecule has 0 saturated carbocycles.